The van der Waals surface area contributed by atoms with Crippen molar-refractivity contribution >= 4 is 16.0 Å². The first-order valence-electron chi connectivity index (χ1n) is 9.23. The summed E-state index contributed by atoms with van der Waals surface area (Å²) in [6.45, 7) is 1.42. The lowest BCUT2D eigenvalue weighted by molar-refractivity contribution is 0.0500. The summed E-state index contributed by atoms with van der Waals surface area (Å²) in [4.78, 5) is 16.4. The van der Waals surface area contributed by atoms with Gasteiger partial charge in [-0.15, -0.1) is 0 Å². The fraction of sp³-hybridized carbons (Fsp3) is 0.400. The average Bonchev–Trinajstić information content (AvgIpc) is 2.72. The van der Waals surface area contributed by atoms with Crippen molar-refractivity contribution in [3.8, 4) is 0 Å². The van der Waals surface area contributed by atoms with Crippen LogP contribution in [-0.2, 0) is 21.2 Å². The number of esters is 1. The summed E-state index contributed by atoms with van der Waals surface area (Å²) in [5, 5.41) is 0. The van der Waals surface area contributed by atoms with Gasteiger partial charge in [0.05, 0.1) is 17.1 Å². The molecular formula is C20H24N2O4S. The molecule has 0 amide bonds. The Hall–Kier alpha value is -2.25. The number of hydrogen-bond acceptors (Lipinski definition) is 5. The zero-order valence-electron chi connectivity index (χ0n) is 15.2. The Bertz CT molecular complexity index is 845. The molecule has 0 N–H and O–H groups in total. The summed E-state index contributed by atoms with van der Waals surface area (Å²) in [5.74, 6) is -0.442. The summed E-state index contributed by atoms with van der Waals surface area (Å²) < 4.78 is 32.0. The summed E-state index contributed by atoms with van der Waals surface area (Å²) in [7, 11) is -3.48. The van der Waals surface area contributed by atoms with Crippen LogP contribution in [0.4, 0.5) is 0 Å². The van der Waals surface area contributed by atoms with Crippen molar-refractivity contribution in [3.05, 3.63) is 59.9 Å². The van der Waals surface area contributed by atoms with Gasteiger partial charge in [0.2, 0.25) is 10.0 Å². The van der Waals surface area contributed by atoms with Crippen molar-refractivity contribution in [2.24, 2.45) is 0 Å². The third kappa shape index (κ3) is 5.14. The van der Waals surface area contributed by atoms with Crippen molar-refractivity contribution in [1.29, 1.82) is 0 Å². The number of carbonyl (C=O) groups excluding carboxylic acids is 1. The van der Waals surface area contributed by atoms with Gasteiger partial charge < -0.3 is 4.74 Å². The molecule has 1 saturated heterocycles. The van der Waals surface area contributed by atoms with Gasteiger partial charge in [-0.25, -0.2) is 13.2 Å². The number of pyridine rings is 1. The van der Waals surface area contributed by atoms with E-state index < -0.39 is 16.0 Å². The van der Waals surface area contributed by atoms with Crippen LogP contribution in [0.15, 0.2) is 53.7 Å². The Labute approximate surface area is 160 Å². The molecule has 0 saturated carbocycles. The molecule has 0 bridgehead atoms. The smallest absolute Gasteiger partial charge is 0.338 e. The van der Waals surface area contributed by atoms with E-state index in [1.54, 1.807) is 12.4 Å². The lowest BCUT2D eigenvalue weighted by Crippen LogP contribution is -2.35. The summed E-state index contributed by atoms with van der Waals surface area (Å²) >= 11 is 0. The fourth-order valence-electron chi connectivity index (χ4n) is 3.09. The number of ether oxygens (including phenoxy) is 1. The molecule has 2 aromatic rings. The molecule has 2 heterocycles. The van der Waals surface area contributed by atoms with E-state index in [9.17, 15) is 13.2 Å². The van der Waals surface area contributed by atoms with Gasteiger partial charge in [-0.05, 0) is 61.6 Å². The predicted molar refractivity (Wildman–Crippen MR) is 102 cm³/mol. The number of rotatable bonds is 7. The van der Waals surface area contributed by atoms with E-state index in [2.05, 4.69) is 4.98 Å². The maximum atomic E-state index is 12.6. The van der Waals surface area contributed by atoms with E-state index in [4.69, 9.17) is 4.74 Å². The molecule has 1 aliphatic heterocycles. The van der Waals surface area contributed by atoms with Gasteiger partial charge in [0.25, 0.3) is 0 Å². The first kappa shape index (κ1) is 19.5. The lowest BCUT2D eigenvalue weighted by Gasteiger charge is -2.25. The fourth-order valence-corrected chi connectivity index (χ4v) is 4.60. The minimum Gasteiger partial charge on any atom is -0.462 e. The highest BCUT2D eigenvalue weighted by atomic mass is 32.2. The number of benzene rings is 1. The van der Waals surface area contributed by atoms with E-state index >= 15 is 0 Å². The lowest BCUT2D eigenvalue weighted by atomic mass is 10.2. The van der Waals surface area contributed by atoms with E-state index in [1.165, 1.54) is 28.6 Å². The first-order valence-corrected chi connectivity index (χ1v) is 10.7. The number of carbonyl (C=O) groups is 1. The molecule has 6 nitrogen and oxygen atoms in total. The van der Waals surface area contributed by atoms with Gasteiger partial charge in [-0.1, -0.05) is 12.5 Å². The zero-order chi connectivity index (χ0) is 19.1. The monoisotopic (exact) mass is 388 g/mol. The third-order valence-electron chi connectivity index (χ3n) is 4.61. The van der Waals surface area contributed by atoms with Crippen LogP contribution in [0.2, 0.25) is 0 Å². The van der Waals surface area contributed by atoms with Crippen LogP contribution < -0.4 is 0 Å². The van der Waals surface area contributed by atoms with Gasteiger partial charge in [0.1, 0.15) is 0 Å². The molecule has 0 aliphatic carbocycles. The highest BCUT2D eigenvalue weighted by molar-refractivity contribution is 7.89. The number of aromatic nitrogens is 1. The number of hydrogen-bond donors (Lipinski definition) is 0. The number of nitrogens with zero attached hydrogens (tertiary/aromatic N) is 2. The van der Waals surface area contributed by atoms with Crippen molar-refractivity contribution in [2.75, 3.05) is 19.7 Å². The highest BCUT2D eigenvalue weighted by Gasteiger charge is 2.25. The molecule has 0 unspecified atom stereocenters. The molecule has 1 fully saturated rings. The molecule has 0 atom stereocenters. The van der Waals surface area contributed by atoms with Gasteiger partial charge in [-0.2, -0.15) is 4.31 Å². The van der Waals surface area contributed by atoms with Crippen LogP contribution in [0.25, 0.3) is 0 Å². The highest BCUT2D eigenvalue weighted by Crippen LogP contribution is 2.21. The Morgan fingerprint density at radius 1 is 1.07 bits per heavy atom. The number of sulfonamides is 1. The molecule has 7 heteroatoms. The van der Waals surface area contributed by atoms with Crippen LogP contribution in [0, 0.1) is 0 Å². The summed E-state index contributed by atoms with van der Waals surface area (Å²) in [6, 6.07) is 9.85. The van der Waals surface area contributed by atoms with E-state index in [0.717, 1.165) is 31.2 Å². The molecule has 0 radical (unpaired) electrons. The second-order valence-corrected chi connectivity index (χ2v) is 8.53. The average molecular weight is 388 g/mol. The van der Waals surface area contributed by atoms with Crippen LogP contribution in [0.3, 0.4) is 0 Å². The van der Waals surface area contributed by atoms with Crippen molar-refractivity contribution < 1.29 is 17.9 Å². The molecule has 0 spiro atoms. The minimum absolute atomic E-state index is 0.220. The van der Waals surface area contributed by atoms with Crippen molar-refractivity contribution in [2.45, 2.75) is 37.0 Å². The number of piperidine rings is 1. The second-order valence-electron chi connectivity index (χ2n) is 6.59. The van der Waals surface area contributed by atoms with Gasteiger partial charge in [0.15, 0.2) is 0 Å². The first-order chi connectivity index (χ1) is 13.1. The standard InChI is InChI=1S/C20H24N2O4S/c23-20(26-15-5-7-17-6-4-12-21-16-17)18-8-10-19(11-9-18)27(24,25)22-13-2-1-3-14-22/h4,6,8-12,16H,1-3,5,7,13-15H2. The topological polar surface area (TPSA) is 76.6 Å². The molecule has 144 valence electrons. The number of aryl methyl sites for hydroxylation is 1. The van der Waals surface area contributed by atoms with Crippen LogP contribution in [0.5, 0.6) is 0 Å². The maximum Gasteiger partial charge on any atom is 0.338 e. The molecule has 1 aromatic carbocycles. The van der Waals surface area contributed by atoms with Gasteiger partial charge >= 0.3 is 5.97 Å². The van der Waals surface area contributed by atoms with Crippen LogP contribution >= 0.6 is 0 Å². The van der Waals surface area contributed by atoms with Gasteiger partial charge in [0, 0.05) is 25.5 Å². The van der Waals surface area contributed by atoms with E-state index in [0.29, 0.717) is 31.7 Å². The maximum absolute atomic E-state index is 12.6. The Balaban J connectivity index is 1.52. The van der Waals surface area contributed by atoms with Crippen molar-refractivity contribution in [1.82, 2.24) is 9.29 Å². The van der Waals surface area contributed by atoms with Crippen molar-refractivity contribution in [3.63, 3.8) is 0 Å². The largest absolute Gasteiger partial charge is 0.462 e. The normalized spacial score (nSPS) is 15.4. The molecule has 1 aliphatic rings. The van der Waals surface area contributed by atoms with E-state index in [1.807, 2.05) is 12.1 Å². The molecule has 3 rings (SSSR count). The third-order valence-corrected chi connectivity index (χ3v) is 6.52. The minimum atomic E-state index is -3.48. The second kappa shape index (κ2) is 9.10. The Morgan fingerprint density at radius 3 is 2.48 bits per heavy atom. The summed E-state index contributed by atoms with van der Waals surface area (Å²) in [5.41, 5.74) is 1.45. The van der Waals surface area contributed by atoms with E-state index in [-0.39, 0.29) is 4.90 Å². The van der Waals surface area contributed by atoms with Crippen LogP contribution in [-0.4, -0.2) is 43.4 Å². The van der Waals surface area contributed by atoms with Crippen LogP contribution in [0.1, 0.15) is 41.6 Å². The molecular weight excluding hydrogens is 364 g/mol. The predicted octanol–water partition coefficient (Wildman–Crippen LogP) is 3.05. The Kier molecular flexibility index (Phi) is 6.58. The quantitative estimate of drug-likeness (QED) is 0.538. The zero-order valence-corrected chi connectivity index (χ0v) is 16.0. The SMILES string of the molecule is O=C(OCCCc1cccnc1)c1ccc(S(=O)(=O)N2CCCCC2)cc1. The molecule has 27 heavy (non-hydrogen) atoms. The molecule has 1 aromatic heterocycles. The summed E-state index contributed by atoms with van der Waals surface area (Å²) in [6.07, 6.45) is 7.86. The van der Waals surface area contributed by atoms with Gasteiger partial charge in [-0.3, -0.25) is 4.98 Å². The Morgan fingerprint density at radius 2 is 1.81 bits per heavy atom.